The molecule has 6 rings (SSSR count). The summed E-state index contributed by atoms with van der Waals surface area (Å²) in [5.41, 5.74) is 15.3. The lowest BCUT2D eigenvalue weighted by Crippen LogP contribution is -1.99. The molecule has 4 heteroatoms. The maximum atomic E-state index is 6.66. The van der Waals surface area contributed by atoms with E-state index in [-0.39, 0.29) is 0 Å². The first-order valence-electron chi connectivity index (χ1n) is 12.5. The zero-order chi connectivity index (χ0) is 25.9. The molecule has 0 saturated carbocycles. The number of hydrogen-bond acceptors (Lipinski definition) is 3. The zero-order valence-electron chi connectivity index (χ0n) is 20.8. The van der Waals surface area contributed by atoms with Crippen LogP contribution in [-0.4, -0.2) is 14.5 Å². The molecule has 38 heavy (non-hydrogen) atoms. The molecule has 3 heterocycles. The van der Waals surface area contributed by atoms with Crippen LogP contribution in [0.3, 0.4) is 0 Å². The van der Waals surface area contributed by atoms with Crippen molar-refractivity contribution in [3.05, 3.63) is 157 Å². The van der Waals surface area contributed by atoms with Gasteiger partial charge in [-0.3, -0.25) is 9.97 Å². The van der Waals surface area contributed by atoms with E-state index in [4.69, 9.17) is 5.73 Å². The van der Waals surface area contributed by atoms with E-state index in [0.717, 1.165) is 50.1 Å². The molecular formula is C34H26N4. The Morgan fingerprint density at radius 1 is 0.684 bits per heavy atom. The van der Waals surface area contributed by atoms with Gasteiger partial charge in [-0.15, -0.1) is 0 Å². The second kappa shape index (κ2) is 10.0. The average Bonchev–Trinajstić information content (AvgIpc) is 3.32. The standard InChI is InChI=1S/C34H26N4/c1-24(32-12-7-8-19-37-32)21-27(25-9-3-2-4-10-25)22-31(35)26-14-16-28(17-15-26)38-33-13-6-5-11-29(33)30-23-36-20-18-34(30)38/h2-23H,1,35H2/b27-21+,31-22-. The normalized spacial score (nSPS) is 12.2. The summed E-state index contributed by atoms with van der Waals surface area (Å²) in [7, 11) is 0. The van der Waals surface area contributed by atoms with Gasteiger partial charge in [0.2, 0.25) is 0 Å². The summed E-state index contributed by atoms with van der Waals surface area (Å²) in [5, 5.41) is 2.32. The van der Waals surface area contributed by atoms with Crippen LogP contribution in [0.2, 0.25) is 0 Å². The lowest BCUT2D eigenvalue weighted by Gasteiger charge is -2.11. The Hall–Kier alpha value is -5.22. The topological polar surface area (TPSA) is 56.7 Å². The predicted octanol–water partition coefficient (Wildman–Crippen LogP) is 7.67. The Morgan fingerprint density at radius 3 is 2.21 bits per heavy atom. The highest BCUT2D eigenvalue weighted by Crippen LogP contribution is 2.32. The smallest absolute Gasteiger partial charge is 0.0696 e. The second-order valence-electron chi connectivity index (χ2n) is 9.10. The van der Waals surface area contributed by atoms with Crippen molar-refractivity contribution in [1.29, 1.82) is 0 Å². The van der Waals surface area contributed by atoms with E-state index in [9.17, 15) is 0 Å². The molecule has 0 fully saturated rings. The molecule has 3 aromatic carbocycles. The minimum Gasteiger partial charge on any atom is -0.398 e. The van der Waals surface area contributed by atoms with E-state index in [0.29, 0.717) is 5.70 Å². The van der Waals surface area contributed by atoms with Crippen LogP contribution in [0, 0.1) is 0 Å². The van der Waals surface area contributed by atoms with Gasteiger partial charge in [0, 0.05) is 40.7 Å². The molecule has 4 nitrogen and oxygen atoms in total. The lowest BCUT2D eigenvalue weighted by atomic mass is 9.99. The molecule has 0 aliphatic heterocycles. The van der Waals surface area contributed by atoms with E-state index in [2.05, 4.69) is 87.8 Å². The third-order valence-electron chi connectivity index (χ3n) is 6.67. The maximum Gasteiger partial charge on any atom is 0.0696 e. The van der Waals surface area contributed by atoms with Gasteiger partial charge >= 0.3 is 0 Å². The van der Waals surface area contributed by atoms with Crippen molar-refractivity contribution < 1.29 is 0 Å². The summed E-state index contributed by atoms with van der Waals surface area (Å²) < 4.78 is 2.27. The van der Waals surface area contributed by atoms with Crippen LogP contribution in [0.25, 0.3) is 44.3 Å². The lowest BCUT2D eigenvalue weighted by molar-refractivity contribution is 1.17. The molecule has 2 N–H and O–H groups in total. The molecule has 0 spiro atoms. The Morgan fingerprint density at radius 2 is 1.42 bits per heavy atom. The number of aromatic nitrogens is 3. The first-order chi connectivity index (χ1) is 18.7. The van der Waals surface area contributed by atoms with Gasteiger partial charge in [-0.2, -0.15) is 0 Å². The van der Waals surface area contributed by atoms with Gasteiger partial charge < -0.3 is 10.3 Å². The van der Waals surface area contributed by atoms with Crippen LogP contribution in [0.1, 0.15) is 16.8 Å². The number of para-hydroxylation sites is 1. The Labute approximate surface area is 221 Å². The van der Waals surface area contributed by atoms with Crippen LogP contribution < -0.4 is 5.73 Å². The Kier molecular flexibility index (Phi) is 6.12. The van der Waals surface area contributed by atoms with Gasteiger partial charge in [-0.1, -0.05) is 73.3 Å². The van der Waals surface area contributed by atoms with E-state index < -0.39 is 0 Å². The fourth-order valence-electron chi connectivity index (χ4n) is 4.80. The average molecular weight is 491 g/mol. The first kappa shape index (κ1) is 23.2. The molecule has 0 saturated heterocycles. The molecule has 0 aliphatic rings. The molecule has 3 aromatic heterocycles. The quantitative estimate of drug-likeness (QED) is 0.244. The molecule has 182 valence electrons. The van der Waals surface area contributed by atoms with Crippen molar-refractivity contribution in [3.63, 3.8) is 0 Å². The van der Waals surface area contributed by atoms with Crippen LogP contribution in [0.5, 0.6) is 0 Å². The monoisotopic (exact) mass is 490 g/mol. The third kappa shape index (κ3) is 4.40. The number of hydrogen-bond donors (Lipinski definition) is 1. The highest BCUT2D eigenvalue weighted by Gasteiger charge is 2.12. The van der Waals surface area contributed by atoms with Crippen molar-refractivity contribution in [2.45, 2.75) is 0 Å². The minimum atomic E-state index is 0.673. The fourth-order valence-corrected chi connectivity index (χ4v) is 4.80. The molecule has 0 radical (unpaired) electrons. The predicted molar refractivity (Wildman–Crippen MR) is 158 cm³/mol. The summed E-state index contributed by atoms with van der Waals surface area (Å²) in [6.45, 7) is 4.24. The number of rotatable bonds is 6. The number of benzene rings is 3. The zero-order valence-corrected chi connectivity index (χ0v) is 20.8. The molecule has 0 aliphatic carbocycles. The maximum absolute atomic E-state index is 6.66. The van der Waals surface area contributed by atoms with Crippen LogP contribution in [0.4, 0.5) is 0 Å². The van der Waals surface area contributed by atoms with Gasteiger partial charge in [0.15, 0.2) is 0 Å². The molecule has 0 bridgehead atoms. The molecule has 0 amide bonds. The second-order valence-corrected chi connectivity index (χ2v) is 9.10. The van der Waals surface area contributed by atoms with E-state index in [1.807, 2.05) is 60.9 Å². The first-order valence-corrected chi connectivity index (χ1v) is 12.5. The summed E-state index contributed by atoms with van der Waals surface area (Å²) in [4.78, 5) is 8.78. The van der Waals surface area contributed by atoms with Crippen molar-refractivity contribution >= 4 is 38.6 Å². The summed E-state index contributed by atoms with van der Waals surface area (Å²) in [6, 6.07) is 34.8. The van der Waals surface area contributed by atoms with Crippen molar-refractivity contribution in [3.8, 4) is 5.69 Å². The van der Waals surface area contributed by atoms with Crippen LogP contribution in [-0.2, 0) is 0 Å². The van der Waals surface area contributed by atoms with E-state index >= 15 is 0 Å². The highest BCUT2D eigenvalue weighted by molar-refractivity contribution is 6.08. The third-order valence-corrected chi connectivity index (χ3v) is 6.67. The number of nitrogens with zero attached hydrogens (tertiary/aromatic N) is 3. The van der Waals surface area contributed by atoms with E-state index in [1.54, 1.807) is 6.20 Å². The molecular weight excluding hydrogens is 464 g/mol. The molecule has 0 unspecified atom stereocenters. The van der Waals surface area contributed by atoms with Gasteiger partial charge in [0.25, 0.3) is 0 Å². The van der Waals surface area contributed by atoms with Crippen molar-refractivity contribution in [2.24, 2.45) is 5.73 Å². The summed E-state index contributed by atoms with van der Waals surface area (Å²) in [5.74, 6) is 0. The van der Waals surface area contributed by atoms with Crippen molar-refractivity contribution in [2.75, 3.05) is 0 Å². The molecule has 6 aromatic rings. The minimum absolute atomic E-state index is 0.673. The van der Waals surface area contributed by atoms with Gasteiger partial charge in [-0.25, -0.2) is 0 Å². The van der Waals surface area contributed by atoms with Gasteiger partial charge in [0.05, 0.1) is 16.7 Å². The SMILES string of the molecule is C=C(/C=C(\C=C(/N)c1ccc(-n2c3ccccc3c3cnccc32)cc1)c1ccccc1)c1ccccn1. The molecule has 0 atom stereocenters. The van der Waals surface area contributed by atoms with Crippen LogP contribution in [0.15, 0.2) is 140 Å². The van der Waals surface area contributed by atoms with Crippen molar-refractivity contribution in [1.82, 2.24) is 14.5 Å². The Balaban J connectivity index is 1.39. The van der Waals surface area contributed by atoms with E-state index in [1.165, 1.54) is 5.39 Å². The van der Waals surface area contributed by atoms with Gasteiger partial charge in [-0.05, 0) is 70.8 Å². The largest absolute Gasteiger partial charge is 0.398 e. The number of allylic oxidation sites excluding steroid dienone is 4. The fraction of sp³-hybridized carbons (Fsp3) is 0. The number of nitrogens with two attached hydrogens (primary N) is 1. The Bertz CT molecular complexity index is 1760. The number of fused-ring (bicyclic) bond motifs is 3. The number of pyridine rings is 2. The van der Waals surface area contributed by atoms with Crippen LogP contribution >= 0.6 is 0 Å². The van der Waals surface area contributed by atoms with Gasteiger partial charge in [0.1, 0.15) is 0 Å². The highest BCUT2D eigenvalue weighted by atomic mass is 15.0. The summed E-state index contributed by atoms with van der Waals surface area (Å²) in [6.07, 6.45) is 9.58. The summed E-state index contributed by atoms with van der Waals surface area (Å²) >= 11 is 0.